The lowest BCUT2D eigenvalue weighted by molar-refractivity contribution is -0.135. The van der Waals surface area contributed by atoms with Crippen LogP contribution in [0.4, 0.5) is 5.69 Å². The molecule has 9 nitrogen and oxygen atoms in total. The lowest BCUT2D eigenvalue weighted by atomic mass is 10.1. The molecular weight excluding hydrogens is 398 g/mol. The van der Waals surface area contributed by atoms with E-state index in [4.69, 9.17) is 5.11 Å². The van der Waals surface area contributed by atoms with Crippen LogP contribution in [-0.4, -0.2) is 44.4 Å². The Morgan fingerprint density at radius 3 is 2.31 bits per heavy atom. The van der Waals surface area contributed by atoms with Crippen LogP contribution in [0, 0.1) is 0 Å². The van der Waals surface area contributed by atoms with Gasteiger partial charge in [0, 0.05) is 11.3 Å². The van der Waals surface area contributed by atoms with Crippen molar-refractivity contribution in [1.82, 2.24) is 10.0 Å². The highest BCUT2D eigenvalue weighted by Gasteiger charge is 2.16. The number of carboxylic acid groups (broad SMARTS) is 1. The average molecular weight is 419 g/mol. The molecule has 2 aromatic carbocycles. The molecule has 29 heavy (non-hydrogen) atoms. The molecule has 0 unspecified atom stereocenters. The fourth-order valence-electron chi connectivity index (χ4n) is 2.34. The Labute approximate surface area is 168 Å². The van der Waals surface area contributed by atoms with Crippen molar-refractivity contribution in [3.8, 4) is 0 Å². The van der Waals surface area contributed by atoms with E-state index in [1.54, 1.807) is 12.1 Å². The van der Waals surface area contributed by atoms with E-state index in [0.717, 1.165) is 12.0 Å². The third-order valence-electron chi connectivity index (χ3n) is 3.88. The van der Waals surface area contributed by atoms with Crippen LogP contribution in [0.5, 0.6) is 0 Å². The molecule has 0 saturated carbocycles. The number of carboxylic acids is 1. The van der Waals surface area contributed by atoms with Crippen molar-refractivity contribution in [2.75, 3.05) is 18.4 Å². The minimum atomic E-state index is -4.03. The van der Waals surface area contributed by atoms with Crippen LogP contribution in [0.25, 0.3) is 0 Å². The number of anilines is 1. The standard InChI is InChI=1S/C19H21N3O6S/c1-2-13-6-8-14(9-7-13)19(26)20-11-17(23)22-15-4-3-5-16(10-15)29(27,28)21-12-18(24)25/h3-10,21H,2,11-12H2,1H3,(H,20,26)(H,22,23)(H,24,25). The van der Waals surface area contributed by atoms with Gasteiger partial charge in [-0.1, -0.05) is 25.1 Å². The first kappa shape index (κ1) is 22.1. The summed E-state index contributed by atoms with van der Waals surface area (Å²) in [5.41, 5.74) is 1.70. The van der Waals surface area contributed by atoms with Crippen molar-refractivity contribution in [3.05, 3.63) is 59.7 Å². The smallest absolute Gasteiger partial charge is 0.318 e. The Morgan fingerprint density at radius 2 is 1.69 bits per heavy atom. The lowest BCUT2D eigenvalue weighted by Gasteiger charge is -2.09. The highest BCUT2D eigenvalue weighted by molar-refractivity contribution is 7.89. The van der Waals surface area contributed by atoms with E-state index in [1.165, 1.54) is 24.3 Å². The Hall–Kier alpha value is -3.24. The van der Waals surface area contributed by atoms with Gasteiger partial charge in [0.1, 0.15) is 6.54 Å². The monoisotopic (exact) mass is 419 g/mol. The molecule has 2 rings (SSSR count). The number of hydrogen-bond acceptors (Lipinski definition) is 5. The van der Waals surface area contributed by atoms with Gasteiger partial charge in [-0.15, -0.1) is 0 Å². The lowest BCUT2D eigenvalue weighted by Crippen LogP contribution is -2.33. The minimum Gasteiger partial charge on any atom is -0.480 e. The number of aryl methyl sites for hydroxylation is 1. The topological polar surface area (TPSA) is 142 Å². The Kier molecular flexibility index (Phi) is 7.46. The molecule has 0 aliphatic rings. The molecule has 2 aromatic rings. The number of rotatable bonds is 9. The summed E-state index contributed by atoms with van der Waals surface area (Å²) in [5, 5.41) is 13.6. The van der Waals surface area contributed by atoms with Gasteiger partial charge >= 0.3 is 5.97 Å². The number of aliphatic carboxylic acids is 1. The molecule has 2 amide bonds. The van der Waals surface area contributed by atoms with Gasteiger partial charge in [0.25, 0.3) is 5.91 Å². The van der Waals surface area contributed by atoms with E-state index >= 15 is 0 Å². The van der Waals surface area contributed by atoms with Crippen LogP contribution in [0.1, 0.15) is 22.8 Å². The summed E-state index contributed by atoms with van der Waals surface area (Å²) in [7, 11) is -4.03. The molecule has 0 spiro atoms. The van der Waals surface area contributed by atoms with Gasteiger partial charge in [0.2, 0.25) is 15.9 Å². The Bertz CT molecular complexity index is 1000. The van der Waals surface area contributed by atoms with Crippen LogP contribution in [-0.2, 0) is 26.0 Å². The number of hydrogen-bond donors (Lipinski definition) is 4. The van der Waals surface area contributed by atoms with Gasteiger partial charge in [-0.3, -0.25) is 14.4 Å². The summed E-state index contributed by atoms with van der Waals surface area (Å²) < 4.78 is 26.0. The summed E-state index contributed by atoms with van der Waals surface area (Å²) in [6.45, 7) is 0.939. The Balaban J connectivity index is 1.95. The maximum Gasteiger partial charge on any atom is 0.318 e. The number of carbonyl (C=O) groups is 3. The predicted molar refractivity (Wildman–Crippen MR) is 106 cm³/mol. The number of carbonyl (C=O) groups excluding carboxylic acids is 2. The SMILES string of the molecule is CCc1ccc(C(=O)NCC(=O)Nc2cccc(S(=O)(=O)NCC(=O)O)c2)cc1. The maximum absolute atomic E-state index is 12.1. The van der Waals surface area contributed by atoms with Crippen LogP contribution < -0.4 is 15.4 Å². The molecular formula is C19H21N3O6S. The van der Waals surface area contributed by atoms with Crippen LogP contribution in [0.3, 0.4) is 0 Å². The zero-order chi connectivity index (χ0) is 21.4. The van der Waals surface area contributed by atoms with Crippen LogP contribution in [0.2, 0.25) is 0 Å². The van der Waals surface area contributed by atoms with E-state index in [-0.39, 0.29) is 17.1 Å². The fourth-order valence-corrected chi connectivity index (χ4v) is 3.36. The van der Waals surface area contributed by atoms with Crippen molar-refractivity contribution in [3.63, 3.8) is 0 Å². The van der Waals surface area contributed by atoms with Gasteiger partial charge in [-0.05, 0) is 42.3 Å². The highest BCUT2D eigenvalue weighted by Crippen LogP contribution is 2.15. The zero-order valence-electron chi connectivity index (χ0n) is 15.6. The first-order valence-electron chi connectivity index (χ1n) is 8.70. The summed E-state index contributed by atoms with van der Waals surface area (Å²) in [5.74, 6) is -2.27. The second-order valence-corrected chi connectivity index (χ2v) is 7.79. The normalized spacial score (nSPS) is 10.9. The summed E-state index contributed by atoms with van der Waals surface area (Å²) in [4.78, 5) is 34.5. The Morgan fingerprint density at radius 1 is 1.00 bits per heavy atom. The van der Waals surface area contributed by atoms with Crippen molar-refractivity contribution >= 4 is 33.5 Å². The highest BCUT2D eigenvalue weighted by atomic mass is 32.2. The van der Waals surface area contributed by atoms with Crippen molar-refractivity contribution < 1.29 is 27.9 Å². The van der Waals surface area contributed by atoms with E-state index in [2.05, 4.69) is 10.6 Å². The van der Waals surface area contributed by atoms with Crippen LogP contribution >= 0.6 is 0 Å². The third-order valence-corrected chi connectivity index (χ3v) is 5.27. The van der Waals surface area contributed by atoms with Gasteiger partial charge in [-0.25, -0.2) is 8.42 Å². The molecule has 4 N–H and O–H groups in total. The number of amides is 2. The van der Waals surface area contributed by atoms with E-state index < -0.39 is 34.4 Å². The van der Waals surface area contributed by atoms with Crippen molar-refractivity contribution in [1.29, 1.82) is 0 Å². The number of sulfonamides is 1. The molecule has 0 saturated heterocycles. The summed E-state index contributed by atoms with van der Waals surface area (Å²) in [6, 6.07) is 12.3. The predicted octanol–water partition coefficient (Wildman–Crippen LogP) is 0.980. The van der Waals surface area contributed by atoms with Gasteiger partial charge in [-0.2, -0.15) is 4.72 Å². The molecule has 154 valence electrons. The molecule has 0 radical (unpaired) electrons. The molecule has 0 bridgehead atoms. The van der Waals surface area contributed by atoms with Crippen molar-refractivity contribution in [2.24, 2.45) is 0 Å². The molecule has 0 atom stereocenters. The zero-order valence-corrected chi connectivity index (χ0v) is 16.5. The fraction of sp³-hybridized carbons (Fsp3) is 0.211. The third kappa shape index (κ3) is 6.70. The molecule has 0 fully saturated rings. The second-order valence-electron chi connectivity index (χ2n) is 6.03. The number of benzene rings is 2. The first-order chi connectivity index (χ1) is 13.7. The summed E-state index contributed by atoms with van der Waals surface area (Å²) in [6.07, 6.45) is 0.852. The van der Waals surface area contributed by atoms with Gasteiger partial charge < -0.3 is 15.7 Å². The molecule has 0 aliphatic carbocycles. The number of nitrogens with one attached hydrogen (secondary N) is 3. The molecule has 0 aromatic heterocycles. The second kappa shape index (κ2) is 9.80. The van der Waals surface area contributed by atoms with E-state index in [0.29, 0.717) is 5.56 Å². The van der Waals surface area contributed by atoms with E-state index in [1.807, 2.05) is 23.8 Å². The molecule has 0 aliphatic heterocycles. The average Bonchev–Trinajstić information content (AvgIpc) is 2.71. The quantitative estimate of drug-likeness (QED) is 0.477. The molecule has 0 heterocycles. The largest absolute Gasteiger partial charge is 0.480 e. The van der Waals surface area contributed by atoms with Gasteiger partial charge in [0.05, 0.1) is 11.4 Å². The summed E-state index contributed by atoms with van der Waals surface area (Å²) >= 11 is 0. The van der Waals surface area contributed by atoms with Crippen molar-refractivity contribution in [2.45, 2.75) is 18.2 Å². The van der Waals surface area contributed by atoms with Gasteiger partial charge in [0.15, 0.2) is 0 Å². The van der Waals surface area contributed by atoms with Crippen LogP contribution in [0.15, 0.2) is 53.4 Å². The van der Waals surface area contributed by atoms with E-state index in [9.17, 15) is 22.8 Å². The minimum absolute atomic E-state index is 0.190. The first-order valence-corrected chi connectivity index (χ1v) is 10.2. The maximum atomic E-state index is 12.1. The molecule has 10 heteroatoms.